The molecule has 0 aromatic rings. The van der Waals surface area contributed by atoms with Crippen molar-refractivity contribution in [3.63, 3.8) is 0 Å². The summed E-state index contributed by atoms with van der Waals surface area (Å²) in [6.45, 7) is 4.00. The van der Waals surface area contributed by atoms with E-state index >= 15 is 0 Å². The SMILES string of the molecule is CC(N)=NCCCCC[C@@](C)(N)C(=O)O. The van der Waals surface area contributed by atoms with Crippen LogP contribution < -0.4 is 11.5 Å². The molecule has 0 saturated carbocycles. The van der Waals surface area contributed by atoms with Gasteiger partial charge in [0, 0.05) is 6.54 Å². The van der Waals surface area contributed by atoms with Crippen LogP contribution in [0.2, 0.25) is 0 Å². The van der Waals surface area contributed by atoms with Crippen LogP contribution in [0.3, 0.4) is 0 Å². The number of carbonyl (C=O) groups is 1. The van der Waals surface area contributed by atoms with Gasteiger partial charge in [0.1, 0.15) is 5.54 Å². The molecule has 5 nitrogen and oxygen atoms in total. The fraction of sp³-hybridized carbons (Fsp3) is 0.800. The van der Waals surface area contributed by atoms with Gasteiger partial charge in [-0.2, -0.15) is 0 Å². The molecule has 0 radical (unpaired) electrons. The number of aliphatic imine (C=N–C) groups is 1. The second-order valence-corrected chi connectivity index (χ2v) is 4.06. The smallest absolute Gasteiger partial charge is 0.323 e. The quantitative estimate of drug-likeness (QED) is 0.331. The molecule has 0 spiro atoms. The van der Waals surface area contributed by atoms with Crippen LogP contribution in [0.15, 0.2) is 4.99 Å². The first-order valence-corrected chi connectivity index (χ1v) is 5.15. The molecule has 0 aliphatic rings. The summed E-state index contributed by atoms with van der Waals surface area (Å²) in [5, 5.41) is 8.75. The number of hydrogen-bond acceptors (Lipinski definition) is 3. The summed E-state index contributed by atoms with van der Waals surface area (Å²) in [6.07, 6.45) is 3.15. The summed E-state index contributed by atoms with van der Waals surface area (Å²) >= 11 is 0. The Morgan fingerprint density at radius 3 is 2.47 bits per heavy atom. The molecule has 0 aliphatic carbocycles. The van der Waals surface area contributed by atoms with Crippen LogP contribution >= 0.6 is 0 Å². The lowest BCUT2D eigenvalue weighted by atomic mass is 9.96. The van der Waals surface area contributed by atoms with E-state index in [1.165, 1.54) is 6.92 Å². The summed E-state index contributed by atoms with van der Waals surface area (Å²) in [7, 11) is 0. The fourth-order valence-corrected chi connectivity index (χ4v) is 1.14. The molecule has 0 aliphatic heterocycles. The molecule has 0 aromatic carbocycles. The van der Waals surface area contributed by atoms with Crippen LogP contribution in [0.4, 0.5) is 0 Å². The topological polar surface area (TPSA) is 102 Å². The zero-order chi connectivity index (χ0) is 11.9. The van der Waals surface area contributed by atoms with Crippen molar-refractivity contribution >= 4 is 11.8 Å². The van der Waals surface area contributed by atoms with Gasteiger partial charge in [-0.1, -0.05) is 12.8 Å². The van der Waals surface area contributed by atoms with Crippen LogP contribution in [0, 0.1) is 0 Å². The van der Waals surface area contributed by atoms with Crippen LogP contribution in [0.25, 0.3) is 0 Å². The van der Waals surface area contributed by atoms with Crippen molar-refractivity contribution in [1.29, 1.82) is 0 Å². The summed E-state index contributed by atoms with van der Waals surface area (Å²) in [5.41, 5.74) is 9.84. The first kappa shape index (κ1) is 13.9. The molecule has 5 N–H and O–H groups in total. The standard InChI is InChI=1S/C10H21N3O2/c1-8(11)13-7-5-3-4-6-10(2,12)9(14)15/h3-7,12H2,1-2H3,(H2,11,13)(H,14,15)/t10-/m1/s1. The third-order valence-electron chi connectivity index (χ3n) is 2.20. The molecule has 0 saturated heterocycles. The molecule has 15 heavy (non-hydrogen) atoms. The van der Waals surface area contributed by atoms with E-state index in [9.17, 15) is 4.79 Å². The van der Waals surface area contributed by atoms with E-state index in [0.717, 1.165) is 19.3 Å². The molecule has 0 fully saturated rings. The molecule has 0 unspecified atom stereocenters. The Morgan fingerprint density at radius 2 is 2.00 bits per heavy atom. The molecule has 5 heteroatoms. The van der Waals surface area contributed by atoms with Crippen molar-refractivity contribution in [2.45, 2.75) is 45.1 Å². The Balaban J connectivity index is 3.55. The lowest BCUT2D eigenvalue weighted by Crippen LogP contribution is -2.44. The van der Waals surface area contributed by atoms with E-state index in [-0.39, 0.29) is 0 Å². The molecule has 0 aromatic heterocycles. The van der Waals surface area contributed by atoms with E-state index in [4.69, 9.17) is 16.6 Å². The number of nitrogens with zero attached hydrogens (tertiary/aromatic N) is 1. The average Bonchev–Trinajstić information content (AvgIpc) is 2.10. The lowest BCUT2D eigenvalue weighted by Gasteiger charge is -2.18. The highest BCUT2D eigenvalue weighted by Gasteiger charge is 2.26. The Morgan fingerprint density at radius 1 is 1.40 bits per heavy atom. The van der Waals surface area contributed by atoms with Crippen LogP contribution in [0.5, 0.6) is 0 Å². The van der Waals surface area contributed by atoms with Gasteiger partial charge in [-0.25, -0.2) is 0 Å². The number of hydrogen-bond donors (Lipinski definition) is 3. The van der Waals surface area contributed by atoms with Gasteiger partial charge in [0.25, 0.3) is 0 Å². The first-order chi connectivity index (χ1) is 6.86. The van der Waals surface area contributed by atoms with Crippen molar-refractivity contribution < 1.29 is 9.90 Å². The molecule has 0 rings (SSSR count). The van der Waals surface area contributed by atoms with Crippen LogP contribution in [-0.2, 0) is 4.79 Å². The minimum absolute atomic E-state index is 0.494. The summed E-state index contributed by atoms with van der Waals surface area (Å²) in [5.74, 6) is -0.359. The predicted molar refractivity (Wildman–Crippen MR) is 60.9 cm³/mol. The minimum Gasteiger partial charge on any atom is -0.480 e. The Labute approximate surface area is 90.6 Å². The zero-order valence-corrected chi connectivity index (χ0v) is 9.49. The van der Waals surface area contributed by atoms with Gasteiger partial charge in [-0.15, -0.1) is 0 Å². The molecule has 1 atom stereocenters. The predicted octanol–water partition coefficient (Wildman–Crippen LogP) is 0.726. The molecule has 0 heterocycles. The normalized spacial score (nSPS) is 16.1. The molecular weight excluding hydrogens is 194 g/mol. The minimum atomic E-state index is -1.10. The summed E-state index contributed by atoms with van der Waals surface area (Å²) in [6, 6.07) is 0. The van der Waals surface area contributed by atoms with Gasteiger partial charge in [0.2, 0.25) is 0 Å². The average molecular weight is 215 g/mol. The third kappa shape index (κ3) is 6.90. The van der Waals surface area contributed by atoms with E-state index in [2.05, 4.69) is 4.99 Å². The largest absolute Gasteiger partial charge is 0.480 e. The Bertz CT molecular complexity index is 233. The van der Waals surface area contributed by atoms with Gasteiger partial charge in [-0.3, -0.25) is 9.79 Å². The van der Waals surface area contributed by atoms with Gasteiger partial charge in [0.05, 0.1) is 5.84 Å². The van der Waals surface area contributed by atoms with Crippen molar-refractivity contribution in [2.24, 2.45) is 16.5 Å². The number of carboxylic acids is 1. The number of unbranched alkanes of at least 4 members (excludes halogenated alkanes) is 2. The maximum Gasteiger partial charge on any atom is 0.323 e. The summed E-state index contributed by atoms with van der Waals surface area (Å²) in [4.78, 5) is 14.7. The second-order valence-electron chi connectivity index (χ2n) is 4.06. The number of nitrogens with two attached hydrogens (primary N) is 2. The first-order valence-electron chi connectivity index (χ1n) is 5.15. The van der Waals surface area contributed by atoms with E-state index in [1.54, 1.807) is 6.92 Å². The van der Waals surface area contributed by atoms with Crippen LogP contribution in [0.1, 0.15) is 39.5 Å². The highest BCUT2D eigenvalue weighted by molar-refractivity contribution is 5.77. The molecule has 0 bridgehead atoms. The maximum absolute atomic E-state index is 10.7. The number of aliphatic carboxylic acids is 1. The summed E-state index contributed by atoms with van der Waals surface area (Å²) < 4.78 is 0. The highest BCUT2D eigenvalue weighted by Crippen LogP contribution is 2.11. The number of amidine groups is 1. The van der Waals surface area contributed by atoms with Crippen molar-refractivity contribution in [3.8, 4) is 0 Å². The Hall–Kier alpha value is -1.10. The number of rotatable bonds is 7. The van der Waals surface area contributed by atoms with Gasteiger partial charge in [-0.05, 0) is 26.7 Å². The second kappa shape index (κ2) is 6.40. The molecule has 88 valence electrons. The van der Waals surface area contributed by atoms with Crippen LogP contribution in [-0.4, -0.2) is 29.0 Å². The lowest BCUT2D eigenvalue weighted by molar-refractivity contribution is -0.142. The fourth-order valence-electron chi connectivity index (χ4n) is 1.14. The van der Waals surface area contributed by atoms with E-state index in [0.29, 0.717) is 18.8 Å². The molecular formula is C10H21N3O2. The van der Waals surface area contributed by atoms with Gasteiger partial charge < -0.3 is 16.6 Å². The van der Waals surface area contributed by atoms with Gasteiger partial charge >= 0.3 is 5.97 Å². The van der Waals surface area contributed by atoms with Crippen molar-refractivity contribution in [1.82, 2.24) is 0 Å². The number of carboxylic acid groups (broad SMARTS) is 1. The maximum atomic E-state index is 10.7. The van der Waals surface area contributed by atoms with Crippen molar-refractivity contribution in [3.05, 3.63) is 0 Å². The van der Waals surface area contributed by atoms with E-state index < -0.39 is 11.5 Å². The van der Waals surface area contributed by atoms with Crippen molar-refractivity contribution in [2.75, 3.05) is 6.54 Å². The zero-order valence-electron chi connectivity index (χ0n) is 9.49. The van der Waals surface area contributed by atoms with Gasteiger partial charge in [0.15, 0.2) is 0 Å². The molecule has 0 amide bonds. The van der Waals surface area contributed by atoms with E-state index in [1.807, 2.05) is 0 Å². The Kier molecular flexibility index (Phi) is 5.93. The monoisotopic (exact) mass is 215 g/mol. The third-order valence-corrected chi connectivity index (χ3v) is 2.20. The highest BCUT2D eigenvalue weighted by atomic mass is 16.4.